The molecule has 0 aliphatic heterocycles. The van der Waals surface area contributed by atoms with Gasteiger partial charge in [-0.15, -0.1) is 0 Å². The van der Waals surface area contributed by atoms with Gasteiger partial charge in [0.05, 0.1) is 0 Å². The van der Waals surface area contributed by atoms with E-state index in [0.29, 0.717) is 6.42 Å². The summed E-state index contributed by atoms with van der Waals surface area (Å²) in [7, 11) is 0. The molecule has 0 aliphatic carbocycles. The van der Waals surface area contributed by atoms with Crippen LogP contribution in [-0.2, 0) is 19.2 Å². The van der Waals surface area contributed by atoms with Gasteiger partial charge in [-0.3, -0.25) is 19.2 Å². The van der Waals surface area contributed by atoms with Gasteiger partial charge in [0.2, 0.25) is 0 Å². The number of aliphatic carboxylic acids is 4. The van der Waals surface area contributed by atoms with Gasteiger partial charge in [-0.2, -0.15) is 0 Å². The first-order valence-electron chi connectivity index (χ1n) is 11.1. The monoisotopic (exact) mass is 432 g/mol. The summed E-state index contributed by atoms with van der Waals surface area (Å²) in [6.07, 6.45) is 13.6. The Morgan fingerprint density at radius 2 is 0.867 bits per heavy atom. The van der Waals surface area contributed by atoms with Gasteiger partial charge in [0, 0.05) is 12.8 Å². The summed E-state index contributed by atoms with van der Waals surface area (Å²) in [6, 6.07) is 0. The average Bonchev–Trinajstić information content (AvgIpc) is 2.65. The first-order valence-corrected chi connectivity index (χ1v) is 11.1. The molecule has 0 heterocycles. The van der Waals surface area contributed by atoms with E-state index >= 15 is 0 Å². The molecule has 0 saturated heterocycles. The number of hydrogen-bond donors (Lipinski definition) is 4. The molecule has 4 N–H and O–H groups in total. The molecule has 0 aliphatic rings. The van der Waals surface area contributed by atoms with Crippen molar-refractivity contribution in [2.75, 3.05) is 0 Å². The molecule has 0 spiro atoms. The molecule has 0 radical (unpaired) electrons. The van der Waals surface area contributed by atoms with E-state index in [1.54, 1.807) is 0 Å². The summed E-state index contributed by atoms with van der Waals surface area (Å²) in [6.45, 7) is 2.16. The van der Waals surface area contributed by atoms with Crippen LogP contribution in [0.1, 0.15) is 110 Å². The third-order valence-corrected chi connectivity index (χ3v) is 4.72. The van der Waals surface area contributed by atoms with Crippen LogP contribution in [0.2, 0.25) is 0 Å². The zero-order valence-electron chi connectivity index (χ0n) is 18.3. The van der Waals surface area contributed by atoms with E-state index in [9.17, 15) is 19.2 Å². The minimum atomic E-state index is -1.23. The summed E-state index contributed by atoms with van der Waals surface area (Å²) >= 11 is 0. The van der Waals surface area contributed by atoms with Crippen molar-refractivity contribution in [1.29, 1.82) is 0 Å². The lowest BCUT2D eigenvalue weighted by atomic mass is 10.0. The van der Waals surface area contributed by atoms with E-state index in [4.69, 9.17) is 20.4 Å². The van der Waals surface area contributed by atoms with Crippen LogP contribution >= 0.6 is 0 Å². The fourth-order valence-corrected chi connectivity index (χ4v) is 2.92. The van der Waals surface area contributed by atoms with Crippen LogP contribution in [0.15, 0.2) is 0 Å². The van der Waals surface area contributed by atoms with Crippen molar-refractivity contribution in [2.45, 2.75) is 110 Å². The fraction of sp³-hybridized carbons (Fsp3) is 0.818. The van der Waals surface area contributed by atoms with Crippen molar-refractivity contribution in [2.24, 2.45) is 5.92 Å². The Kier molecular flexibility index (Phi) is 21.6. The van der Waals surface area contributed by atoms with Crippen LogP contribution < -0.4 is 0 Å². The van der Waals surface area contributed by atoms with Crippen molar-refractivity contribution >= 4 is 23.9 Å². The third-order valence-electron chi connectivity index (χ3n) is 4.72. The SMILES string of the molecule is CCCCCCCCCC(C(=O)O)C(=O)O.O=C(O)CCCCCCCCC(=O)O. The highest BCUT2D eigenvalue weighted by Crippen LogP contribution is 2.13. The molecule has 8 nitrogen and oxygen atoms in total. The Morgan fingerprint density at radius 3 is 1.20 bits per heavy atom. The number of rotatable bonds is 19. The first kappa shape index (κ1) is 30.1. The van der Waals surface area contributed by atoms with E-state index < -0.39 is 29.8 Å². The minimum absolute atomic E-state index is 0.245. The maximum absolute atomic E-state index is 10.6. The highest BCUT2D eigenvalue weighted by molar-refractivity contribution is 5.92. The Labute approximate surface area is 179 Å². The van der Waals surface area contributed by atoms with E-state index in [1.807, 2.05) is 0 Å². The quantitative estimate of drug-likeness (QED) is 0.161. The zero-order chi connectivity index (χ0) is 23.2. The highest BCUT2D eigenvalue weighted by Gasteiger charge is 2.24. The van der Waals surface area contributed by atoms with Crippen molar-refractivity contribution in [3.63, 3.8) is 0 Å². The molecule has 0 atom stereocenters. The van der Waals surface area contributed by atoms with Crippen LogP contribution in [0.5, 0.6) is 0 Å². The normalized spacial score (nSPS) is 10.3. The molecule has 0 aromatic rings. The van der Waals surface area contributed by atoms with E-state index in [-0.39, 0.29) is 19.3 Å². The minimum Gasteiger partial charge on any atom is -0.481 e. The smallest absolute Gasteiger partial charge is 0.317 e. The van der Waals surface area contributed by atoms with Gasteiger partial charge in [0.25, 0.3) is 0 Å². The topological polar surface area (TPSA) is 149 Å². The largest absolute Gasteiger partial charge is 0.481 e. The molecule has 0 bridgehead atoms. The third kappa shape index (κ3) is 23.9. The molecule has 0 fully saturated rings. The van der Waals surface area contributed by atoms with Crippen LogP contribution in [0.25, 0.3) is 0 Å². The lowest BCUT2D eigenvalue weighted by molar-refractivity contribution is -0.155. The summed E-state index contributed by atoms with van der Waals surface area (Å²) < 4.78 is 0. The fourth-order valence-electron chi connectivity index (χ4n) is 2.92. The van der Waals surface area contributed by atoms with Gasteiger partial charge in [-0.1, -0.05) is 77.6 Å². The van der Waals surface area contributed by atoms with Crippen LogP contribution in [0, 0.1) is 5.92 Å². The van der Waals surface area contributed by atoms with Gasteiger partial charge in [0.1, 0.15) is 0 Å². The molecule has 8 heteroatoms. The highest BCUT2D eigenvalue weighted by atomic mass is 16.4. The molecule has 0 rings (SSSR count). The molecular weight excluding hydrogens is 392 g/mol. The first-order chi connectivity index (χ1) is 14.2. The summed E-state index contributed by atoms with van der Waals surface area (Å²) in [5.74, 6) is -5.15. The summed E-state index contributed by atoms with van der Waals surface area (Å²) in [5, 5.41) is 34.0. The van der Waals surface area contributed by atoms with Gasteiger partial charge in [-0.05, 0) is 19.3 Å². The molecule has 0 aromatic heterocycles. The molecule has 0 aromatic carbocycles. The van der Waals surface area contributed by atoms with Crippen LogP contribution in [-0.4, -0.2) is 44.3 Å². The van der Waals surface area contributed by atoms with Crippen molar-refractivity contribution in [3.05, 3.63) is 0 Å². The van der Waals surface area contributed by atoms with E-state index in [2.05, 4.69) is 6.92 Å². The van der Waals surface area contributed by atoms with Gasteiger partial charge >= 0.3 is 23.9 Å². The number of carboxylic acids is 4. The Morgan fingerprint density at radius 1 is 0.533 bits per heavy atom. The molecule has 0 amide bonds. The molecular formula is C22H40O8. The van der Waals surface area contributed by atoms with Crippen molar-refractivity contribution < 1.29 is 39.6 Å². The number of carboxylic acid groups (broad SMARTS) is 4. The maximum Gasteiger partial charge on any atom is 0.317 e. The lowest BCUT2D eigenvalue weighted by Crippen LogP contribution is -2.23. The second-order valence-electron chi connectivity index (χ2n) is 7.55. The number of carbonyl (C=O) groups is 4. The van der Waals surface area contributed by atoms with Crippen molar-refractivity contribution in [3.8, 4) is 0 Å². The average molecular weight is 433 g/mol. The van der Waals surface area contributed by atoms with E-state index in [1.165, 1.54) is 25.7 Å². The Hall–Kier alpha value is -2.12. The Bertz CT molecular complexity index is 442. The van der Waals surface area contributed by atoms with E-state index in [0.717, 1.165) is 51.4 Å². The lowest BCUT2D eigenvalue weighted by Gasteiger charge is -2.06. The summed E-state index contributed by atoms with van der Waals surface area (Å²) in [5.41, 5.74) is 0. The second kappa shape index (κ2) is 21.6. The maximum atomic E-state index is 10.6. The van der Waals surface area contributed by atoms with Gasteiger partial charge in [-0.25, -0.2) is 0 Å². The molecule has 0 unspecified atom stereocenters. The molecule has 30 heavy (non-hydrogen) atoms. The zero-order valence-corrected chi connectivity index (χ0v) is 18.3. The number of unbranched alkanes of at least 4 members (excludes halogenated alkanes) is 11. The van der Waals surface area contributed by atoms with Gasteiger partial charge in [0.15, 0.2) is 5.92 Å². The predicted molar refractivity (Wildman–Crippen MR) is 114 cm³/mol. The predicted octanol–water partition coefficient (Wildman–Crippen LogP) is 5.19. The van der Waals surface area contributed by atoms with Crippen LogP contribution in [0.4, 0.5) is 0 Å². The second-order valence-corrected chi connectivity index (χ2v) is 7.55. The summed E-state index contributed by atoms with van der Waals surface area (Å²) in [4.78, 5) is 41.4. The number of hydrogen-bond acceptors (Lipinski definition) is 4. The van der Waals surface area contributed by atoms with Crippen LogP contribution in [0.3, 0.4) is 0 Å². The molecule has 176 valence electrons. The Balaban J connectivity index is 0. The van der Waals surface area contributed by atoms with Gasteiger partial charge < -0.3 is 20.4 Å². The molecule has 0 saturated carbocycles. The standard InChI is InChI=1S/C12H22O4.C10H18O4/c1-2-3-4-5-6-7-8-9-10(11(13)14)12(15)16;11-9(12)7-5-3-1-2-4-6-8-10(13)14/h10H,2-9H2,1H3,(H,13,14)(H,15,16);1-8H2,(H,11,12)(H,13,14). The van der Waals surface area contributed by atoms with Crippen molar-refractivity contribution in [1.82, 2.24) is 0 Å².